The van der Waals surface area contributed by atoms with E-state index in [9.17, 15) is 14.9 Å². The molecule has 1 atom stereocenters. The van der Waals surface area contributed by atoms with Gasteiger partial charge in [-0.2, -0.15) is 0 Å². The Balaban J connectivity index is 1.73. The van der Waals surface area contributed by atoms with E-state index in [1.807, 2.05) is 18.2 Å². The maximum atomic E-state index is 12.9. The molecule has 7 heteroatoms. The summed E-state index contributed by atoms with van der Waals surface area (Å²) in [5.74, 6) is 0.871. The number of para-hydroxylation sites is 1. The summed E-state index contributed by atoms with van der Waals surface area (Å²) in [4.78, 5) is 25.9. The molecule has 3 rings (SSSR count). The molecule has 1 heterocycles. The number of nitrogens with one attached hydrogen (secondary N) is 1. The van der Waals surface area contributed by atoms with E-state index in [1.165, 1.54) is 18.2 Å². The van der Waals surface area contributed by atoms with Gasteiger partial charge in [0.05, 0.1) is 10.5 Å². The number of likely N-dealkylation sites (tertiary alicyclic amines) is 1. The summed E-state index contributed by atoms with van der Waals surface area (Å²) >= 11 is 0. The number of amides is 1. The number of ether oxygens (including phenoxy) is 1. The normalized spacial score (nSPS) is 17.1. The fraction of sp³-hybridized carbons (Fsp3) is 0.409. The Labute approximate surface area is 170 Å². The van der Waals surface area contributed by atoms with Crippen molar-refractivity contribution >= 4 is 11.6 Å². The van der Waals surface area contributed by atoms with E-state index in [2.05, 4.69) is 24.1 Å². The molecular weight excluding hydrogens is 370 g/mol. The first-order valence-electron chi connectivity index (χ1n) is 9.97. The number of hydrogen-bond acceptors (Lipinski definition) is 5. The van der Waals surface area contributed by atoms with Crippen LogP contribution in [0.25, 0.3) is 0 Å². The molecule has 1 amide bonds. The number of carbonyl (C=O) groups is 1. The molecular formula is C22H27N3O4. The molecule has 0 saturated carbocycles. The van der Waals surface area contributed by atoms with Crippen molar-refractivity contribution in [3.8, 4) is 11.5 Å². The Morgan fingerprint density at radius 3 is 2.72 bits per heavy atom. The van der Waals surface area contributed by atoms with Crippen LogP contribution in [0.5, 0.6) is 11.5 Å². The van der Waals surface area contributed by atoms with Crippen LogP contribution in [-0.2, 0) is 0 Å². The standard InChI is InChI=1S/C22H27N3O4/c1-16(2)24-12-6-7-17(15-24)14-23-22(26)20-13-18(25(27)28)10-11-21(20)29-19-8-4-3-5-9-19/h3-5,8-11,13,16-17H,6-7,12,14-15H2,1-2H3,(H,23,26). The summed E-state index contributed by atoms with van der Waals surface area (Å²) < 4.78 is 5.81. The number of benzene rings is 2. The molecule has 1 unspecified atom stereocenters. The van der Waals surface area contributed by atoms with Crippen molar-refractivity contribution in [1.82, 2.24) is 10.2 Å². The van der Waals surface area contributed by atoms with Crippen molar-refractivity contribution in [1.29, 1.82) is 0 Å². The molecule has 0 aromatic heterocycles. The van der Waals surface area contributed by atoms with Gasteiger partial charge in [0.15, 0.2) is 0 Å². The molecule has 2 aromatic rings. The van der Waals surface area contributed by atoms with E-state index in [0.717, 1.165) is 25.9 Å². The second-order valence-electron chi connectivity index (χ2n) is 7.66. The number of hydrogen-bond donors (Lipinski definition) is 1. The first-order valence-corrected chi connectivity index (χ1v) is 9.97. The Bertz CT molecular complexity index is 854. The Morgan fingerprint density at radius 2 is 2.03 bits per heavy atom. The lowest BCUT2D eigenvalue weighted by atomic mass is 9.97. The highest BCUT2D eigenvalue weighted by molar-refractivity contribution is 5.97. The number of non-ortho nitro benzene ring substituents is 1. The highest BCUT2D eigenvalue weighted by atomic mass is 16.6. The topological polar surface area (TPSA) is 84.7 Å². The predicted octanol–water partition coefficient (Wildman–Crippen LogP) is 4.24. The maximum Gasteiger partial charge on any atom is 0.270 e. The lowest BCUT2D eigenvalue weighted by Crippen LogP contribution is -2.43. The summed E-state index contributed by atoms with van der Waals surface area (Å²) in [5.41, 5.74) is 0.0267. The highest BCUT2D eigenvalue weighted by Crippen LogP contribution is 2.29. The third kappa shape index (κ3) is 5.54. The van der Waals surface area contributed by atoms with E-state index < -0.39 is 4.92 Å². The molecule has 154 valence electrons. The van der Waals surface area contributed by atoms with Crippen molar-refractivity contribution in [2.45, 2.75) is 32.7 Å². The average molecular weight is 397 g/mol. The fourth-order valence-electron chi connectivity index (χ4n) is 3.58. The van der Waals surface area contributed by atoms with Gasteiger partial charge in [0.25, 0.3) is 11.6 Å². The van der Waals surface area contributed by atoms with Crippen LogP contribution in [-0.4, -0.2) is 41.4 Å². The first kappa shape index (κ1) is 20.8. The molecule has 0 radical (unpaired) electrons. The van der Waals surface area contributed by atoms with E-state index in [0.29, 0.717) is 30.0 Å². The minimum absolute atomic E-state index is 0.140. The highest BCUT2D eigenvalue weighted by Gasteiger charge is 2.23. The smallest absolute Gasteiger partial charge is 0.270 e. The van der Waals surface area contributed by atoms with Crippen LogP contribution < -0.4 is 10.1 Å². The Kier molecular flexibility index (Phi) is 6.82. The van der Waals surface area contributed by atoms with Gasteiger partial charge in [0, 0.05) is 31.3 Å². The molecule has 1 fully saturated rings. The van der Waals surface area contributed by atoms with Crippen molar-refractivity contribution in [2.24, 2.45) is 5.92 Å². The second kappa shape index (κ2) is 9.52. The van der Waals surface area contributed by atoms with Gasteiger partial charge in [-0.15, -0.1) is 0 Å². The van der Waals surface area contributed by atoms with Crippen molar-refractivity contribution in [3.63, 3.8) is 0 Å². The molecule has 0 aliphatic carbocycles. The molecule has 0 spiro atoms. The summed E-state index contributed by atoms with van der Waals surface area (Å²) in [5, 5.41) is 14.1. The van der Waals surface area contributed by atoms with Gasteiger partial charge in [0.2, 0.25) is 0 Å². The van der Waals surface area contributed by atoms with Gasteiger partial charge in [0.1, 0.15) is 11.5 Å². The van der Waals surface area contributed by atoms with E-state index >= 15 is 0 Å². The summed E-state index contributed by atoms with van der Waals surface area (Å²) in [6.07, 6.45) is 2.17. The zero-order valence-corrected chi connectivity index (χ0v) is 16.8. The maximum absolute atomic E-state index is 12.9. The number of rotatable bonds is 7. The summed E-state index contributed by atoms with van der Waals surface area (Å²) in [7, 11) is 0. The molecule has 1 saturated heterocycles. The van der Waals surface area contributed by atoms with Crippen LogP contribution in [0.1, 0.15) is 37.0 Å². The SMILES string of the molecule is CC(C)N1CCCC(CNC(=O)c2cc([N+](=O)[O-])ccc2Oc2ccccc2)C1. The first-order chi connectivity index (χ1) is 13.9. The zero-order valence-electron chi connectivity index (χ0n) is 16.8. The molecule has 1 aliphatic rings. The summed E-state index contributed by atoms with van der Waals surface area (Å²) in [6, 6.07) is 13.6. The minimum atomic E-state index is -0.509. The van der Waals surface area contributed by atoms with Crippen molar-refractivity contribution < 1.29 is 14.5 Å². The number of carbonyl (C=O) groups excluding carboxylic acids is 1. The van der Waals surface area contributed by atoms with Crippen molar-refractivity contribution in [3.05, 3.63) is 64.2 Å². The molecule has 29 heavy (non-hydrogen) atoms. The lowest BCUT2D eigenvalue weighted by molar-refractivity contribution is -0.384. The average Bonchev–Trinajstić information content (AvgIpc) is 2.73. The van der Waals surface area contributed by atoms with Gasteiger partial charge in [-0.25, -0.2) is 0 Å². The zero-order chi connectivity index (χ0) is 20.8. The van der Waals surface area contributed by atoms with Crippen LogP contribution >= 0.6 is 0 Å². The van der Waals surface area contributed by atoms with Gasteiger partial charge in [-0.3, -0.25) is 14.9 Å². The molecule has 1 N–H and O–H groups in total. The lowest BCUT2D eigenvalue weighted by Gasteiger charge is -2.35. The van der Waals surface area contributed by atoms with Crippen LogP contribution in [0.2, 0.25) is 0 Å². The largest absolute Gasteiger partial charge is 0.457 e. The van der Waals surface area contributed by atoms with Crippen molar-refractivity contribution in [2.75, 3.05) is 19.6 Å². The van der Waals surface area contributed by atoms with E-state index in [-0.39, 0.29) is 17.2 Å². The fourth-order valence-corrected chi connectivity index (χ4v) is 3.58. The van der Waals surface area contributed by atoms with Gasteiger partial charge >= 0.3 is 0 Å². The number of nitro benzene ring substituents is 1. The second-order valence-corrected chi connectivity index (χ2v) is 7.66. The molecule has 1 aliphatic heterocycles. The molecule has 0 bridgehead atoms. The monoisotopic (exact) mass is 397 g/mol. The molecule has 2 aromatic carbocycles. The van der Waals surface area contributed by atoms with Crippen LogP contribution in [0, 0.1) is 16.0 Å². The third-order valence-electron chi connectivity index (χ3n) is 5.22. The number of piperidine rings is 1. The van der Waals surface area contributed by atoms with Gasteiger partial charge in [-0.1, -0.05) is 18.2 Å². The van der Waals surface area contributed by atoms with Crippen LogP contribution in [0.4, 0.5) is 5.69 Å². The predicted molar refractivity (Wildman–Crippen MR) is 111 cm³/mol. The van der Waals surface area contributed by atoms with Gasteiger partial charge in [-0.05, 0) is 57.4 Å². The summed E-state index contributed by atoms with van der Waals surface area (Å²) in [6.45, 7) is 6.92. The van der Waals surface area contributed by atoms with Crippen LogP contribution in [0.15, 0.2) is 48.5 Å². The molecule has 7 nitrogen and oxygen atoms in total. The Hall–Kier alpha value is -2.93. The van der Waals surface area contributed by atoms with Gasteiger partial charge < -0.3 is 15.0 Å². The quantitative estimate of drug-likeness (QED) is 0.558. The van der Waals surface area contributed by atoms with E-state index in [4.69, 9.17) is 4.74 Å². The minimum Gasteiger partial charge on any atom is -0.457 e. The Morgan fingerprint density at radius 1 is 1.28 bits per heavy atom. The number of nitro groups is 1. The third-order valence-corrected chi connectivity index (χ3v) is 5.22. The number of nitrogens with zero attached hydrogens (tertiary/aromatic N) is 2. The van der Waals surface area contributed by atoms with Crippen LogP contribution in [0.3, 0.4) is 0 Å². The van der Waals surface area contributed by atoms with E-state index in [1.54, 1.807) is 12.1 Å².